The smallest absolute Gasteiger partial charge is 0.150 e. The monoisotopic (exact) mass is 266 g/mol. The summed E-state index contributed by atoms with van der Waals surface area (Å²) in [5, 5.41) is 0. The molecule has 0 N–H and O–H groups in total. The number of aldehydes is 1. The van der Waals surface area contributed by atoms with Crippen molar-refractivity contribution >= 4 is 6.29 Å². The first-order chi connectivity index (χ1) is 9.78. The Morgan fingerprint density at radius 1 is 1.20 bits per heavy atom. The molecule has 1 aliphatic rings. The van der Waals surface area contributed by atoms with Crippen LogP contribution in [0.4, 0.5) is 0 Å². The van der Waals surface area contributed by atoms with Crippen molar-refractivity contribution in [3.8, 4) is 5.75 Å². The zero-order chi connectivity index (χ0) is 13.9. The van der Waals surface area contributed by atoms with E-state index in [1.807, 2.05) is 25.1 Å². The van der Waals surface area contributed by atoms with Crippen molar-refractivity contribution in [2.75, 3.05) is 0 Å². The third kappa shape index (κ3) is 2.46. The lowest BCUT2D eigenvalue weighted by Gasteiger charge is -2.26. The maximum atomic E-state index is 10.9. The van der Waals surface area contributed by atoms with Crippen LogP contribution in [0.25, 0.3) is 0 Å². The molecule has 0 aromatic heterocycles. The third-order valence-electron chi connectivity index (χ3n) is 3.96. The van der Waals surface area contributed by atoms with Crippen LogP contribution in [0.15, 0.2) is 42.5 Å². The number of ether oxygens (including phenoxy) is 1. The predicted molar refractivity (Wildman–Crippen MR) is 79.3 cm³/mol. The van der Waals surface area contributed by atoms with Crippen molar-refractivity contribution in [3.05, 3.63) is 64.7 Å². The fraction of sp³-hybridized carbons (Fsp3) is 0.278. The molecule has 2 nitrogen and oxygen atoms in total. The summed E-state index contributed by atoms with van der Waals surface area (Å²) in [7, 11) is 0. The van der Waals surface area contributed by atoms with Gasteiger partial charge >= 0.3 is 0 Å². The molecule has 1 aliphatic carbocycles. The Hall–Kier alpha value is -2.09. The number of hydrogen-bond donors (Lipinski definition) is 0. The van der Waals surface area contributed by atoms with Gasteiger partial charge in [0.25, 0.3) is 0 Å². The average Bonchev–Trinajstić information content (AvgIpc) is 2.48. The van der Waals surface area contributed by atoms with Crippen LogP contribution in [0.3, 0.4) is 0 Å². The normalized spacial score (nSPS) is 17.4. The van der Waals surface area contributed by atoms with Crippen molar-refractivity contribution < 1.29 is 9.53 Å². The summed E-state index contributed by atoms with van der Waals surface area (Å²) in [6.07, 6.45) is 4.36. The summed E-state index contributed by atoms with van der Waals surface area (Å²) in [5.74, 6) is 0.842. The highest BCUT2D eigenvalue weighted by molar-refractivity contribution is 5.77. The Morgan fingerprint density at radius 3 is 2.85 bits per heavy atom. The molecule has 3 rings (SSSR count). The summed E-state index contributed by atoms with van der Waals surface area (Å²) in [5.41, 5.74) is 4.38. The largest absolute Gasteiger partial charge is 0.486 e. The Kier molecular flexibility index (Phi) is 3.55. The van der Waals surface area contributed by atoms with Crippen LogP contribution >= 0.6 is 0 Å². The predicted octanol–water partition coefficient (Wildman–Crippen LogP) is 4.26. The number of rotatable bonds is 3. The molecule has 2 aromatic carbocycles. The molecule has 2 heteroatoms. The molecule has 1 unspecified atom stereocenters. The molecule has 0 saturated heterocycles. The van der Waals surface area contributed by atoms with Crippen LogP contribution in [0, 0.1) is 6.92 Å². The SMILES string of the molecule is Cc1cc(OC2CCCc3ccccc32)ccc1C=O. The summed E-state index contributed by atoms with van der Waals surface area (Å²) in [6, 6.07) is 14.2. The van der Waals surface area contributed by atoms with Crippen LogP contribution in [0.1, 0.15) is 46.0 Å². The van der Waals surface area contributed by atoms with E-state index in [1.54, 1.807) is 0 Å². The third-order valence-corrected chi connectivity index (χ3v) is 3.96. The topological polar surface area (TPSA) is 26.3 Å². The van der Waals surface area contributed by atoms with Crippen molar-refractivity contribution in [1.82, 2.24) is 0 Å². The first-order valence-electron chi connectivity index (χ1n) is 7.08. The van der Waals surface area contributed by atoms with Gasteiger partial charge in [-0.3, -0.25) is 4.79 Å². The summed E-state index contributed by atoms with van der Waals surface area (Å²) >= 11 is 0. The van der Waals surface area contributed by atoms with E-state index in [9.17, 15) is 4.79 Å². The van der Waals surface area contributed by atoms with Crippen LogP contribution in [0.5, 0.6) is 5.75 Å². The number of benzene rings is 2. The number of carbonyl (C=O) groups excluding carboxylic acids is 1. The Balaban J connectivity index is 1.85. The zero-order valence-corrected chi connectivity index (χ0v) is 11.6. The molecule has 0 radical (unpaired) electrons. The van der Waals surface area contributed by atoms with E-state index in [-0.39, 0.29) is 6.10 Å². The minimum Gasteiger partial charge on any atom is -0.486 e. The maximum Gasteiger partial charge on any atom is 0.150 e. The van der Waals surface area contributed by atoms with Gasteiger partial charge in [0.15, 0.2) is 0 Å². The molecule has 102 valence electrons. The molecule has 0 amide bonds. The van der Waals surface area contributed by atoms with Crippen LogP contribution in [-0.4, -0.2) is 6.29 Å². The first kappa shape index (κ1) is 12.9. The van der Waals surface area contributed by atoms with E-state index in [4.69, 9.17) is 4.74 Å². The first-order valence-corrected chi connectivity index (χ1v) is 7.08. The molecule has 0 saturated carbocycles. The molecule has 20 heavy (non-hydrogen) atoms. The van der Waals surface area contributed by atoms with Gasteiger partial charge in [0.1, 0.15) is 18.1 Å². The van der Waals surface area contributed by atoms with Gasteiger partial charge in [-0.15, -0.1) is 0 Å². The van der Waals surface area contributed by atoms with E-state index in [0.717, 1.165) is 42.4 Å². The fourth-order valence-electron chi connectivity index (χ4n) is 2.85. The van der Waals surface area contributed by atoms with Crippen molar-refractivity contribution in [2.45, 2.75) is 32.3 Å². The van der Waals surface area contributed by atoms with Gasteiger partial charge in [-0.1, -0.05) is 24.3 Å². The molecule has 0 aliphatic heterocycles. The van der Waals surface area contributed by atoms with Gasteiger partial charge in [0.2, 0.25) is 0 Å². The highest BCUT2D eigenvalue weighted by Gasteiger charge is 2.21. The van der Waals surface area contributed by atoms with E-state index < -0.39 is 0 Å². The number of fused-ring (bicyclic) bond motifs is 1. The lowest BCUT2D eigenvalue weighted by Crippen LogP contribution is -2.15. The van der Waals surface area contributed by atoms with E-state index in [2.05, 4.69) is 24.3 Å². The van der Waals surface area contributed by atoms with Gasteiger partial charge < -0.3 is 4.74 Å². The zero-order valence-electron chi connectivity index (χ0n) is 11.6. The van der Waals surface area contributed by atoms with Gasteiger partial charge in [-0.2, -0.15) is 0 Å². The van der Waals surface area contributed by atoms with Crippen molar-refractivity contribution in [2.24, 2.45) is 0 Å². The van der Waals surface area contributed by atoms with E-state index in [0.29, 0.717) is 0 Å². The van der Waals surface area contributed by atoms with Gasteiger partial charge in [-0.05, 0) is 61.1 Å². The standard InChI is InChI=1S/C18H18O2/c1-13-11-16(10-9-15(13)12-19)20-18-8-4-6-14-5-2-3-7-17(14)18/h2-3,5,7,9-12,18H,4,6,8H2,1H3. The quantitative estimate of drug-likeness (QED) is 0.776. The van der Waals surface area contributed by atoms with Crippen LogP contribution in [-0.2, 0) is 6.42 Å². The van der Waals surface area contributed by atoms with Crippen LogP contribution in [0.2, 0.25) is 0 Å². The Bertz CT molecular complexity index is 631. The maximum absolute atomic E-state index is 10.9. The van der Waals surface area contributed by atoms with Crippen molar-refractivity contribution in [1.29, 1.82) is 0 Å². The summed E-state index contributed by atoms with van der Waals surface area (Å²) < 4.78 is 6.15. The van der Waals surface area contributed by atoms with Gasteiger partial charge in [-0.25, -0.2) is 0 Å². The molecular weight excluding hydrogens is 248 g/mol. The molecule has 0 spiro atoms. The molecule has 0 heterocycles. The van der Waals surface area contributed by atoms with E-state index in [1.165, 1.54) is 11.1 Å². The highest BCUT2D eigenvalue weighted by atomic mass is 16.5. The van der Waals surface area contributed by atoms with Gasteiger partial charge in [0.05, 0.1) is 0 Å². The molecule has 0 bridgehead atoms. The lowest BCUT2D eigenvalue weighted by atomic mass is 9.89. The van der Waals surface area contributed by atoms with E-state index >= 15 is 0 Å². The van der Waals surface area contributed by atoms with Gasteiger partial charge in [0, 0.05) is 5.56 Å². The number of hydrogen-bond acceptors (Lipinski definition) is 2. The average molecular weight is 266 g/mol. The second-order valence-corrected chi connectivity index (χ2v) is 5.33. The van der Waals surface area contributed by atoms with Crippen LogP contribution < -0.4 is 4.74 Å². The lowest BCUT2D eigenvalue weighted by molar-refractivity contribution is 0.112. The Morgan fingerprint density at radius 2 is 2.05 bits per heavy atom. The van der Waals surface area contributed by atoms with Crippen molar-refractivity contribution in [3.63, 3.8) is 0 Å². The molecule has 0 fully saturated rings. The second-order valence-electron chi connectivity index (χ2n) is 5.33. The highest BCUT2D eigenvalue weighted by Crippen LogP contribution is 2.33. The molecule has 1 atom stereocenters. The number of aryl methyl sites for hydroxylation is 2. The summed E-state index contributed by atoms with van der Waals surface area (Å²) in [4.78, 5) is 10.9. The molecule has 2 aromatic rings. The minimum atomic E-state index is 0.126. The Labute approximate surface area is 119 Å². The fourth-order valence-corrected chi connectivity index (χ4v) is 2.85. The number of carbonyl (C=O) groups is 1. The molecular formula is C18H18O2. The minimum absolute atomic E-state index is 0.126. The summed E-state index contributed by atoms with van der Waals surface area (Å²) in [6.45, 7) is 1.94. The second kappa shape index (κ2) is 5.49.